The Bertz CT molecular complexity index is 1160. The second-order valence-corrected chi connectivity index (χ2v) is 11.3. The summed E-state index contributed by atoms with van der Waals surface area (Å²) in [5.74, 6) is 0.0380. The third-order valence-electron chi connectivity index (χ3n) is 5.82. The highest BCUT2D eigenvalue weighted by atomic mass is 32.2. The smallest absolute Gasteiger partial charge is 0.242 e. The van der Waals surface area contributed by atoms with E-state index in [1.807, 2.05) is 4.90 Å². The standard InChI is InChI=1S/C18H30N8O6S2/c19-7-12(28)8-24-34(31,32)15-2-1-14(26-5-3-11(4-6-26)13(20)9-27)16(17(15)33(21,29)30)18-22-10-23-25-18/h1-2,11-13,24,27-28H,3-10,19-20H2,(H2,21,29,30)/t12-,13-/m1/s1. The fourth-order valence-electron chi connectivity index (χ4n) is 3.97. The van der Waals surface area contributed by atoms with E-state index in [9.17, 15) is 27.0 Å². The second kappa shape index (κ2) is 10.7. The third kappa shape index (κ3) is 5.77. The summed E-state index contributed by atoms with van der Waals surface area (Å²) >= 11 is 0. The minimum Gasteiger partial charge on any atom is -0.395 e. The molecule has 0 spiro atoms. The number of aliphatic hydroxyl groups is 2. The van der Waals surface area contributed by atoms with Gasteiger partial charge in [-0.25, -0.2) is 31.7 Å². The maximum Gasteiger partial charge on any atom is 0.242 e. The average molecular weight is 519 g/mol. The van der Waals surface area contributed by atoms with Gasteiger partial charge in [0.2, 0.25) is 20.0 Å². The summed E-state index contributed by atoms with van der Waals surface area (Å²) in [6.45, 7) is 0.173. The van der Waals surface area contributed by atoms with Crippen molar-refractivity contribution in [1.82, 2.24) is 4.72 Å². The molecule has 0 radical (unpaired) electrons. The van der Waals surface area contributed by atoms with Gasteiger partial charge in [-0.05, 0) is 30.9 Å². The van der Waals surface area contributed by atoms with Gasteiger partial charge < -0.3 is 26.6 Å². The predicted molar refractivity (Wildman–Crippen MR) is 124 cm³/mol. The Labute approximate surface area is 198 Å². The third-order valence-corrected chi connectivity index (χ3v) is 8.41. The lowest BCUT2D eigenvalue weighted by atomic mass is 9.90. The largest absolute Gasteiger partial charge is 0.395 e. The monoisotopic (exact) mass is 518 g/mol. The van der Waals surface area contributed by atoms with E-state index < -0.39 is 42.5 Å². The van der Waals surface area contributed by atoms with Gasteiger partial charge in [-0.2, -0.15) is 5.11 Å². The van der Waals surface area contributed by atoms with E-state index in [0.29, 0.717) is 31.6 Å². The van der Waals surface area contributed by atoms with Gasteiger partial charge in [0, 0.05) is 37.9 Å². The highest BCUT2D eigenvalue weighted by molar-refractivity contribution is 7.92. The van der Waals surface area contributed by atoms with E-state index in [1.165, 1.54) is 6.07 Å². The molecule has 190 valence electrons. The average Bonchev–Trinajstić information content (AvgIpc) is 3.35. The Hall–Kier alpha value is -2.05. The van der Waals surface area contributed by atoms with Crippen molar-refractivity contribution in [2.24, 2.45) is 37.7 Å². The first kappa shape index (κ1) is 26.6. The normalized spacial score (nSPS) is 19.3. The summed E-state index contributed by atoms with van der Waals surface area (Å²) in [6, 6.07) is 2.26. The number of hydrogen-bond donors (Lipinski definition) is 6. The van der Waals surface area contributed by atoms with Crippen LogP contribution in [0, 0.1) is 5.92 Å². The number of benzene rings is 1. The quantitative estimate of drug-likeness (QED) is 0.194. The molecule has 2 aliphatic rings. The summed E-state index contributed by atoms with van der Waals surface area (Å²) in [5.41, 5.74) is 11.6. The zero-order valence-electron chi connectivity index (χ0n) is 18.4. The van der Waals surface area contributed by atoms with Crippen molar-refractivity contribution < 1.29 is 27.0 Å². The minimum absolute atomic E-state index is 0.0375. The molecule has 2 aliphatic heterocycles. The first-order chi connectivity index (χ1) is 16.0. The van der Waals surface area contributed by atoms with E-state index >= 15 is 0 Å². The zero-order valence-corrected chi connectivity index (χ0v) is 20.0. The van der Waals surface area contributed by atoms with Gasteiger partial charge in [0.1, 0.15) is 9.79 Å². The number of aliphatic imine (C=N–C) groups is 1. The van der Waals surface area contributed by atoms with Crippen molar-refractivity contribution in [2.45, 2.75) is 34.8 Å². The van der Waals surface area contributed by atoms with Gasteiger partial charge >= 0.3 is 0 Å². The Balaban J connectivity index is 2.12. The summed E-state index contributed by atoms with van der Waals surface area (Å²) < 4.78 is 53.6. The molecule has 2 heterocycles. The maximum absolute atomic E-state index is 13.0. The van der Waals surface area contributed by atoms with Gasteiger partial charge in [0.25, 0.3) is 0 Å². The molecule has 9 N–H and O–H groups in total. The van der Waals surface area contributed by atoms with Gasteiger partial charge in [0.15, 0.2) is 12.5 Å². The molecule has 3 rings (SSSR count). The van der Waals surface area contributed by atoms with Crippen LogP contribution in [-0.4, -0.2) is 84.5 Å². The Kier molecular flexibility index (Phi) is 8.35. The Morgan fingerprint density at radius 2 is 1.88 bits per heavy atom. The lowest BCUT2D eigenvalue weighted by molar-refractivity contribution is 0.186. The lowest BCUT2D eigenvalue weighted by Crippen LogP contribution is -2.43. The summed E-state index contributed by atoms with van der Waals surface area (Å²) in [6.07, 6.45) is 0.114. The van der Waals surface area contributed by atoms with Crippen molar-refractivity contribution in [3.63, 3.8) is 0 Å². The van der Waals surface area contributed by atoms with Crippen LogP contribution in [0.1, 0.15) is 18.4 Å². The number of azo groups is 1. The summed E-state index contributed by atoms with van der Waals surface area (Å²) in [4.78, 5) is 4.74. The molecule has 1 aromatic carbocycles. The van der Waals surface area contributed by atoms with Crippen LogP contribution >= 0.6 is 0 Å². The van der Waals surface area contributed by atoms with E-state index in [-0.39, 0.29) is 43.2 Å². The van der Waals surface area contributed by atoms with Crippen LogP contribution in [0.25, 0.3) is 0 Å². The lowest BCUT2D eigenvalue weighted by Gasteiger charge is -2.36. The molecular weight excluding hydrogens is 488 g/mol. The first-order valence-electron chi connectivity index (χ1n) is 10.6. The van der Waals surface area contributed by atoms with Crippen molar-refractivity contribution >= 4 is 31.6 Å². The minimum atomic E-state index is -4.59. The van der Waals surface area contributed by atoms with Crippen molar-refractivity contribution in [1.29, 1.82) is 0 Å². The molecule has 0 aromatic heterocycles. The summed E-state index contributed by atoms with van der Waals surface area (Å²) in [7, 11) is -9.00. The molecule has 0 saturated carbocycles. The number of primary sulfonamides is 1. The van der Waals surface area contributed by atoms with Crippen molar-refractivity contribution in [3.05, 3.63) is 17.7 Å². The van der Waals surface area contributed by atoms with Gasteiger partial charge in [-0.3, -0.25) is 0 Å². The fourth-order valence-corrected chi connectivity index (χ4v) is 6.64. The summed E-state index contributed by atoms with van der Waals surface area (Å²) in [5, 5.41) is 32.2. The molecule has 0 bridgehead atoms. The number of amidine groups is 1. The number of sulfonamides is 2. The van der Waals surface area contributed by atoms with Crippen LogP contribution < -0.4 is 26.2 Å². The Morgan fingerprint density at radius 1 is 1.21 bits per heavy atom. The molecule has 0 unspecified atom stereocenters. The van der Waals surface area contributed by atoms with Crippen molar-refractivity contribution in [2.75, 3.05) is 44.4 Å². The highest BCUT2D eigenvalue weighted by Gasteiger charge is 2.35. The molecule has 2 atom stereocenters. The van der Waals surface area contributed by atoms with Crippen LogP contribution in [0.5, 0.6) is 0 Å². The van der Waals surface area contributed by atoms with E-state index in [2.05, 4.69) is 19.9 Å². The van der Waals surface area contributed by atoms with Crippen LogP contribution in [-0.2, 0) is 20.0 Å². The second-order valence-electron chi connectivity index (χ2n) is 8.11. The maximum atomic E-state index is 13.0. The molecule has 16 heteroatoms. The zero-order chi connectivity index (χ0) is 25.1. The van der Waals surface area contributed by atoms with Crippen LogP contribution in [0.3, 0.4) is 0 Å². The highest BCUT2D eigenvalue weighted by Crippen LogP contribution is 2.36. The number of hydrogen-bond acceptors (Lipinski definition) is 12. The molecule has 14 nitrogen and oxygen atoms in total. The molecule has 34 heavy (non-hydrogen) atoms. The SMILES string of the molecule is NC[C@@H](O)CNS(=O)(=O)c1ccc(N2CCC([C@H](N)CO)CC2)c(C2=NCN=N2)c1S(N)(=O)=O. The number of nitrogens with one attached hydrogen (secondary N) is 1. The molecule has 1 fully saturated rings. The number of nitrogens with two attached hydrogens (primary N) is 3. The Morgan fingerprint density at radius 3 is 2.41 bits per heavy atom. The topological polar surface area (TPSA) is 239 Å². The number of aliphatic hydroxyl groups excluding tert-OH is 2. The van der Waals surface area contributed by atoms with E-state index in [4.69, 9.17) is 16.6 Å². The van der Waals surface area contributed by atoms with Crippen molar-refractivity contribution in [3.8, 4) is 0 Å². The predicted octanol–water partition coefficient (Wildman–Crippen LogP) is -2.36. The van der Waals surface area contributed by atoms with E-state index in [1.54, 1.807) is 0 Å². The van der Waals surface area contributed by atoms with Gasteiger partial charge in [0.05, 0.1) is 18.3 Å². The van der Waals surface area contributed by atoms with Crippen LogP contribution in [0.4, 0.5) is 5.69 Å². The van der Waals surface area contributed by atoms with Gasteiger partial charge in [-0.1, -0.05) is 0 Å². The van der Waals surface area contributed by atoms with Gasteiger partial charge in [-0.15, -0.1) is 5.11 Å². The number of nitrogens with zero attached hydrogens (tertiary/aromatic N) is 4. The molecule has 0 aliphatic carbocycles. The van der Waals surface area contributed by atoms with E-state index in [0.717, 1.165) is 6.07 Å². The number of rotatable bonds is 10. The molecule has 0 amide bonds. The molecule has 1 saturated heterocycles. The molecule has 1 aromatic rings. The van der Waals surface area contributed by atoms with Crippen LogP contribution in [0.2, 0.25) is 0 Å². The number of anilines is 1. The molecular formula is C18H30N8O6S2. The fraction of sp³-hybridized carbons (Fsp3) is 0.611. The first-order valence-corrected chi connectivity index (χ1v) is 13.6. The number of piperidine rings is 1. The van der Waals surface area contributed by atoms with Crippen LogP contribution in [0.15, 0.2) is 37.1 Å².